The molecule has 0 saturated heterocycles. The third kappa shape index (κ3) is 1.30. The van der Waals surface area contributed by atoms with E-state index in [0.29, 0.717) is 18.4 Å². The smallest absolute Gasteiger partial charge is 0.231 e. The van der Waals surface area contributed by atoms with Crippen molar-refractivity contribution in [2.24, 2.45) is 0 Å². The number of aliphatic hydroxyl groups excluding tert-OH is 1. The monoisotopic (exact) mass is 180 g/mol. The standard InChI is InChI=1S/C7H8N4O2/c12-5-3-1-2-4(5)6(13)7-8-10-11-9-7/h12H,1-3H2,(H,8,9,10,11). The molecule has 6 heteroatoms. The summed E-state index contributed by atoms with van der Waals surface area (Å²) in [6.07, 6.45) is 1.99. The zero-order chi connectivity index (χ0) is 9.26. The number of nitrogens with zero attached hydrogens (tertiary/aromatic N) is 3. The normalized spacial score (nSPS) is 16.6. The molecule has 0 aliphatic heterocycles. The van der Waals surface area contributed by atoms with Crippen LogP contribution in [-0.4, -0.2) is 31.5 Å². The van der Waals surface area contributed by atoms with Crippen molar-refractivity contribution >= 4 is 5.78 Å². The number of aromatic amines is 1. The number of allylic oxidation sites excluding steroid dienone is 2. The first kappa shape index (κ1) is 7.90. The lowest BCUT2D eigenvalue weighted by Gasteiger charge is -1.96. The van der Waals surface area contributed by atoms with E-state index in [1.165, 1.54) is 0 Å². The molecule has 13 heavy (non-hydrogen) atoms. The van der Waals surface area contributed by atoms with Crippen LogP contribution in [0.2, 0.25) is 0 Å². The van der Waals surface area contributed by atoms with E-state index in [1.54, 1.807) is 0 Å². The van der Waals surface area contributed by atoms with Crippen LogP contribution < -0.4 is 0 Å². The number of tetrazole rings is 1. The quantitative estimate of drug-likeness (QED) is 0.642. The van der Waals surface area contributed by atoms with Crippen molar-refractivity contribution in [3.63, 3.8) is 0 Å². The van der Waals surface area contributed by atoms with Gasteiger partial charge in [-0.1, -0.05) is 0 Å². The molecule has 0 fully saturated rings. The topological polar surface area (TPSA) is 91.8 Å². The average molecular weight is 180 g/mol. The van der Waals surface area contributed by atoms with Gasteiger partial charge in [-0.2, -0.15) is 0 Å². The van der Waals surface area contributed by atoms with Crippen molar-refractivity contribution in [1.82, 2.24) is 20.6 Å². The van der Waals surface area contributed by atoms with E-state index in [-0.39, 0.29) is 17.4 Å². The third-order valence-corrected chi connectivity index (χ3v) is 2.02. The second-order valence-electron chi connectivity index (χ2n) is 2.86. The predicted octanol–water partition coefficient (Wildman–Crippen LogP) is 0.378. The van der Waals surface area contributed by atoms with Gasteiger partial charge in [0.1, 0.15) is 0 Å². The molecule has 0 bridgehead atoms. The molecule has 68 valence electrons. The summed E-state index contributed by atoms with van der Waals surface area (Å²) in [7, 11) is 0. The highest BCUT2D eigenvalue weighted by Gasteiger charge is 2.23. The minimum absolute atomic E-state index is 0.0865. The van der Waals surface area contributed by atoms with E-state index >= 15 is 0 Å². The van der Waals surface area contributed by atoms with Crippen LogP contribution in [0.5, 0.6) is 0 Å². The second-order valence-corrected chi connectivity index (χ2v) is 2.86. The number of ketones is 1. The van der Waals surface area contributed by atoms with Crippen LogP contribution in [0.4, 0.5) is 0 Å². The van der Waals surface area contributed by atoms with Gasteiger partial charge in [0, 0.05) is 12.0 Å². The first-order valence-corrected chi connectivity index (χ1v) is 3.98. The van der Waals surface area contributed by atoms with Crippen LogP contribution >= 0.6 is 0 Å². The Morgan fingerprint density at radius 2 is 2.31 bits per heavy atom. The van der Waals surface area contributed by atoms with E-state index in [4.69, 9.17) is 0 Å². The van der Waals surface area contributed by atoms with Crippen molar-refractivity contribution in [1.29, 1.82) is 0 Å². The second kappa shape index (κ2) is 2.96. The summed E-state index contributed by atoms with van der Waals surface area (Å²) >= 11 is 0. The fraction of sp³-hybridized carbons (Fsp3) is 0.429. The Morgan fingerprint density at radius 3 is 2.85 bits per heavy atom. The Morgan fingerprint density at radius 1 is 1.46 bits per heavy atom. The van der Waals surface area contributed by atoms with E-state index < -0.39 is 0 Å². The summed E-state index contributed by atoms with van der Waals surface area (Å²) in [5.41, 5.74) is 0.429. The number of hydrogen-bond donors (Lipinski definition) is 2. The maximum atomic E-state index is 11.5. The van der Waals surface area contributed by atoms with Gasteiger partial charge >= 0.3 is 0 Å². The van der Waals surface area contributed by atoms with Crippen molar-refractivity contribution in [3.8, 4) is 0 Å². The molecule has 0 unspecified atom stereocenters. The molecular formula is C7H8N4O2. The zero-order valence-corrected chi connectivity index (χ0v) is 6.82. The highest BCUT2D eigenvalue weighted by Crippen LogP contribution is 2.25. The van der Waals surface area contributed by atoms with Crippen LogP contribution in [0.15, 0.2) is 11.3 Å². The van der Waals surface area contributed by atoms with Gasteiger partial charge in [0.2, 0.25) is 11.6 Å². The van der Waals surface area contributed by atoms with Crippen molar-refractivity contribution < 1.29 is 9.90 Å². The summed E-state index contributed by atoms with van der Waals surface area (Å²) in [6.45, 7) is 0. The Labute approximate surface area is 73.7 Å². The lowest BCUT2D eigenvalue weighted by atomic mass is 10.1. The fourth-order valence-corrected chi connectivity index (χ4v) is 1.37. The highest BCUT2D eigenvalue weighted by atomic mass is 16.3. The van der Waals surface area contributed by atoms with Crippen molar-refractivity contribution in [3.05, 3.63) is 17.2 Å². The molecular weight excluding hydrogens is 172 g/mol. The Bertz CT molecular complexity index is 355. The maximum absolute atomic E-state index is 11.5. The van der Waals surface area contributed by atoms with Gasteiger partial charge in [0.05, 0.1) is 5.76 Å². The average Bonchev–Trinajstić information content (AvgIpc) is 2.72. The fourth-order valence-electron chi connectivity index (χ4n) is 1.37. The predicted molar refractivity (Wildman–Crippen MR) is 42.0 cm³/mol. The van der Waals surface area contributed by atoms with Crippen molar-refractivity contribution in [2.45, 2.75) is 19.3 Å². The first-order chi connectivity index (χ1) is 6.29. The van der Waals surface area contributed by atoms with Gasteiger partial charge in [-0.15, -0.1) is 5.10 Å². The maximum Gasteiger partial charge on any atom is 0.231 e. The van der Waals surface area contributed by atoms with Crippen LogP contribution in [0, 0.1) is 0 Å². The first-order valence-electron chi connectivity index (χ1n) is 3.98. The molecule has 2 N–H and O–H groups in total. The van der Waals surface area contributed by atoms with Gasteiger partial charge in [0.25, 0.3) is 0 Å². The summed E-state index contributed by atoms with van der Waals surface area (Å²) in [4.78, 5) is 11.5. The lowest BCUT2D eigenvalue weighted by Crippen LogP contribution is -2.05. The summed E-state index contributed by atoms with van der Waals surface area (Å²) in [5, 5.41) is 21.8. The number of nitrogens with one attached hydrogen (secondary N) is 1. The zero-order valence-electron chi connectivity index (χ0n) is 6.82. The number of H-pyrrole nitrogens is 1. The third-order valence-electron chi connectivity index (χ3n) is 2.02. The molecule has 0 radical (unpaired) electrons. The molecule has 0 aromatic carbocycles. The van der Waals surface area contributed by atoms with Gasteiger partial charge in [0.15, 0.2) is 0 Å². The molecule has 1 aliphatic carbocycles. The summed E-state index contributed by atoms with van der Waals surface area (Å²) < 4.78 is 0. The molecule has 0 amide bonds. The Balaban J connectivity index is 2.28. The van der Waals surface area contributed by atoms with E-state index in [1.807, 2.05) is 0 Å². The summed E-state index contributed by atoms with van der Waals surface area (Å²) in [5.74, 6) is -0.0511. The minimum Gasteiger partial charge on any atom is -0.512 e. The van der Waals surface area contributed by atoms with Gasteiger partial charge in [-0.3, -0.25) is 4.79 Å². The van der Waals surface area contributed by atoms with Crippen LogP contribution in [-0.2, 0) is 0 Å². The molecule has 6 nitrogen and oxygen atoms in total. The summed E-state index contributed by atoms with van der Waals surface area (Å²) in [6, 6.07) is 0. The van der Waals surface area contributed by atoms with Gasteiger partial charge < -0.3 is 5.11 Å². The number of aromatic nitrogens is 4. The van der Waals surface area contributed by atoms with Crippen molar-refractivity contribution in [2.75, 3.05) is 0 Å². The number of hydrogen-bond acceptors (Lipinski definition) is 5. The van der Waals surface area contributed by atoms with E-state index in [9.17, 15) is 9.90 Å². The number of aliphatic hydroxyl groups is 1. The Hall–Kier alpha value is -1.72. The number of Topliss-reactive ketones (excluding diaryl/α,β-unsaturated/α-hetero) is 1. The van der Waals surface area contributed by atoms with E-state index in [2.05, 4.69) is 20.6 Å². The number of carbonyl (C=O) groups excluding carboxylic acids is 1. The van der Waals surface area contributed by atoms with E-state index in [0.717, 1.165) is 6.42 Å². The largest absolute Gasteiger partial charge is 0.512 e. The molecule has 0 atom stereocenters. The molecule has 2 rings (SSSR count). The van der Waals surface area contributed by atoms with Crippen LogP contribution in [0.1, 0.15) is 29.9 Å². The van der Waals surface area contributed by atoms with Gasteiger partial charge in [-0.05, 0) is 23.3 Å². The molecule has 1 aromatic heterocycles. The minimum atomic E-state index is -0.306. The Kier molecular flexibility index (Phi) is 1.80. The van der Waals surface area contributed by atoms with Crippen LogP contribution in [0.3, 0.4) is 0 Å². The molecule has 1 aromatic rings. The lowest BCUT2D eigenvalue weighted by molar-refractivity contribution is 0.101. The molecule has 0 saturated carbocycles. The van der Waals surface area contributed by atoms with Gasteiger partial charge in [-0.25, -0.2) is 5.10 Å². The number of rotatable bonds is 2. The molecule has 0 spiro atoms. The molecule has 1 aliphatic rings. The number of carbonyl (C=O) groups is 1. The van der Waals surface area contributed by atoms with Crippen LogP contribution in [0.25, 0.3) is 0 Å². The highest BCUT2D eigenvalue weighted by molar-refractivity contribution is 6.06. The molecule has 1 heterocycles. The SMILES string of the molecule is O=C(C1=C(O)CCC1)c1nnn[nH]1.